The van der Waals surface area contributed by atoms with Crippen LogP contribution in [0.25, 0.3) is 11.0 Å². The van der Waals surface area contributed by atoms with Crippen LogP contribution in [0.3, 0.4) is 0 Å². The van der Waals surface area contributed by atoms with E-state index in [0.29, 0.717) is 18.8 Å². The number of benzene rings is 1. The lowest BCUT2D eigenvalue weighted by molar-refractivity contribution is 0.740. The Bertz CT molecular complexity index is 802. The van der Waals surface area contributed by atoms with E-state index in [9.17, 15) is 4.79 Å². The van der Waals surface area contributed by atoms with Gasteiger partial charge >= 0.3 is 4.87 Å². The van der Waals surface area contributed by atoms with Crippen molar-refractivity contribution < 1.29 is 0 Å². The Balaban J connectivity index is 2.13. The lowest BCUT2D eigenvalue weighted by Crippen LogP contribution is -2.07. The number of hydrogen-bond acceptors (Lipinski definition) is 3. The second-order valence-corrected chi connectivity index (χ2v) is 5.89. The molecule has 104 valence electrons. The van der Waals surface area contributed by atoms with Gasteiger partial charge in [0.05, 0.1) is 17.6 Å². The summed E-state index contributed by atoms with van der Waals surface area (Å²) in [4.78, 5) is 18.8. The van der Waals surface area contributed by atoms with Crippen molar-refractivity contribution in [3.63, 3.8) is 0 Å². The first-order valence-corrected chi connectivity index (χ1v) is 7.78. The highest BCUT2D eigenvalue weighted by molar-refractivity contribution is 7.07. The van der Waals surface area contributed by atoms with E-state index in [1.54, 1.807) is 0 Å². The summed E-state index contributed by atoms with van der Waals surface area (Å²) in [5.41, 5.74) is 4.13. The quantitative estimate of drug-likeness (QED) is 0.753. The molecular formula is C14H14ClN3OS. The number of thiazole rings is 1. The maximum absolute atomic E-state index is 11.3. The number of hydrogen-bond donors (Lipinski definition) is 1. The molecule has 0 aliphatic heterocycles. The first kappa shape index (κ1) is 13.4. The highest BCUT2D eigenvalue weighted by atomic mass is 35.5. The number of aromatic amines is 1. The van der Waals surface area contributed by atoms with Gasteiger partial charge in [-0.05, 0) is 18.6 Å². The number of imidazole rings is 1. The van der Waals surface area contributed by atoms with Crippen molar-refractivity contribution >= 4 is 34.0 Å². The number of nitrogens with one attached hydrogen (secondary N) is 1. The maximum atomic E-state index is 11.3. The zero-order valence-corrected chi connectivity index (χ0v) is 12.6. The molecule has 0 bridgehead atoms. The van der Waals surface area contributed by atoms with Gasteiger partial charge in [0, 0.05) is 23.4 Å². The van der Waals surface area contributed by atoms with Crippen LogP contribution in [0.1, 0.15) is 17.1 Å². The fraction of sp³-hybridized carbons (Fsp3) is 0.286. The lowest BCUT2D eigenvalue weighted by Gasteiger charge is -2.07. The molecule has 0 saturated carbocycles. The number of nitrogens with zero attached hydrogens (tertiary/aromatic N) is 2. The molecule has 2 heterocycles. The molecule has 0 amide bonds. The van der Waals surface area contributed by atoms with E-state index in [1.165, 1.54) is 11.3 Å². The van der Waals surface area contributed by atoms with Gasteiger partial charge in [-0.3, -0.25) is 4.79 Å². The van der Waals surface area contributed by atoms with Crippen LogP contribution in [-0.2, 0) is 13.0 Å². The van der Waals surface area contributed by atoms with Crippen LogP contribution >= 0.6 is 22.9 Å². The van der Waals surface area contributed by atoms with Crippen molar-refractivity contribution in [2.45, 2.75) is 19.9 Å². The summed E-state index contributed by atoms with van der Waals surface area (Å²) in [5.74, 6) is 1.49. The Morgan fingerprint density at radius 1 is 1.45 bits per heavy atom. The monoisotopic (exact) mass is 307 g/mol. The van der Waals surface area contributed by atoms with E-state index in [-0.39, 0.29) is 4.87 Å². The molecule has 20 heavy (non-hydrogen) atoms. The van der Waals surface area contributed by atoms with Crippen molar-refractivity contribution in [1.82, 2.24) is 14.5 Å². The van der Waals surface area contributed by atoms with Gasteiger partial charge in [-0.25, -0.2) is 4.98 Å². The fourth-order valence-electron chi connectivity index (χ4n) is 2.35. The summed E-state index contributed by atoms with van der Waals surface area (Å²) in [7, 11) is 0. The molecule has 1 N–H and O–H groups in total. The molecule has 0 atom stereocenters. The molecule has 0 fully saturated rings. The third-order valence-electron chi connectivity index (χ3n) is 3.28. The van der Waals surface area contributed by atoms with Gasteiger partial charge < -0.3 is 9.55 Å². The Hall–Kier alpha value is -1.59. The number of para-hydroxylation sites is 1. The molecule has 6 heteroatoms. The summed E-state index contributed by atoms with van der Waals surface area (Å²) in [6.45, 7) is 2.67. The molecule has 3 aromatic rings. The molecule has 3 rings (SSSR count). The highest BCUT2D eigenvalue weighted by Gasteiger charge is 2.12. The van der Waals surface area contributed by atoms with Gasteiger partial charge in [-0.15, -0.1) is 11.6 Å². The third kappa shape index (κ3) is 2.39. The Kier molecular flexibility index (Phi) is 3.63. The highest BCUT2D eigenvalue weighted by Crippen LogP contribution is 2.21. The summed E-state index contributed by atoms with van der Waals surface area (Å²) < 4.78 is 2.13. The summed E-state index contributed by atoms with van der Waals surface area (Å²) >= 11 is 7.06. The number of aryl methyl sites for hydroxylation is 2. The minimum atomic E-state index is -0.0282. The van der Waals surface area contributed by atoms with E-state index < -0.39 is 0 Å². The Labute approximate surface area is 125 Å². The van der Waals surface area contributed by atoms with Gasteiger partial charge in [-0.2, -0.15) is 0 Å². The second kappa shape index (κ2) is 5.42. The minimum absolute atomic E-state index is 0.0282. The first-order chi connectivity index (χ1) is 9.69. The number of rotatable bonds is 4. The molecule has 1 aromatic carbocycles. The van der Waals surface area contributed by atoms with E-state index >= 15 is 0 Å². The molecule has 0 aliphatic carbocycles. The average Bonchev–Trinajstić information content (AvgIpc) is 2.97. The standard InChI is InChI=1S/C14H14ClN3OS/c1-9-3-2-4-11-13(9)17-12(5-6-15)18(11)7-10-8-20-14(19)16-10/h2-4,8H,5-7H2,1H3,(H,16,19). The fourth-order valence-corrected chi connectivity index (χ4v) is 3.09. The topological polar surface area (TPSA) is 50.7 Å². The molecule has 0 radical (unpaired) electrons. The summed E-state index contributed by atoms with van der Waals surface area (Å²) in [6, 6.07) is 6.13. The normalized spacial score (nSPS) is 11.3. The molecular weight excluding hydrogens is 294 g/mol. The lowest BCUT2D eigenvalue weighted by atomic mass is 10.2. The smallest absolute Gasteiger partial charge is 0.304 e. The molecule has 2 aromatic heterocycles. The van der Waals surface area contributed by atoms with Gasteiger partial charge in [-0.1, -0.05) is 23.5 Å². The van der Waals surface area contributed by atoms with Crippen LogP contribution in [0.15, 0.2) is 28.4 Å². The Morgan fingerprint density at radius 3 is 3.00 bits per heavy atom. The number of halogens is 1. The molecule has 4 nitrogen and oxygen atoms in total. The number of aromatic nitrogens is 3. The van der Waals surface area contributed by atoms with Crippen molar-refractivity contribution in [3.05, 3.63) is 50.3 Å². The Morgan fingerprint density at radius 2 is 2.30 bits per heavy atom. The predicted octanol–water partition coefficient (Wildman–Crippen LogP) is 2.92. The zero-order valence-electron chi connectivity index (χ0n) is 11.0. The number of fused-ring (bicyclic) bond motifs is 1. The first-order valence-electron chi connectivity index (χ1n) is 6.36. The van der Waals surface area contributed by atoms with Crippen molar-refractivity contribution in [3.8, 4) is 0 Å². The van der Waals surface area contributed by atoms with Gasteiger partial charge in [0.2, 0.25) is 0 Å². The van der Waals surface area contributed by atoms with Crippen LogP contribution in [0.5, 0.6) is 0 Å². The predicted molar refractivity (Wildman–Crippen MR) is 82.9 cm³/mol. The molecule has 0 saturated heterocycles. The summed E-state index contributed by atoms with van der Waals surface area (Å²) in [6.07, 6.45) is 0.712. The van der Waals surface area contributed by atoms with E-state index in [0.717, 1.165) is 28.1 Å². The van der Waals surface area contributed by atoms with Crippen LogP contribution in [0.4, 0.5) is 0 Å². The van der Waals surface area contributed by atoms with Gasteiger partial charge in [0.1, 0.15) is 5.82 Å². The van der Waals surface area contributed by atoms with Crippen molar-refractivity contribution in [2.75, 3.05) is 5.88 Å². The maximum Gasteiger partial charge on any atom is 0.304 e. The van der Waals surface area contributed by atoms with Crippen molar-refractivity contribution in [2.24, 2.45) is 0 Å². The largest absolute Gasteiger partial charge is 0.322 e. The van der Waals surface area contributed by atoms with Crippen LogP contribution in [-0.4, -0.2) is 20.4 Å². The summed E-state index contributed by atoms with van der Waals surface area (Å²) in [5, 5.41) is 1.86. The van der Waals surface area contributed by atoms with E-state index in [2.05, 4.69) is 28.6 Å². The average molecular weight is 308 g/mol. The van der Waals surface area contributed by atoms with Crippen LogP contribution in [0, 0.1) is 6.92 Å². The zero-order chi connectivity index (χ0) is 14.1. The number of H-pyrrole nitrogens is 1. The SMILES string of the molecule is Cc1cccc2c1nc(CCCl)n2Cc1csc(=O)[nH]1. The molecule has 0 spiro atoms. The van der Waals surface area contributed by atoms with Gasteiger partial charge in [0.25, 0.3) is 0 Å². The molecule has 0 unspecified atom stereocenters. The van der Waals surface area contributed by atoms with E-state index in [4.69, 9.17) is 16.6 Å². The van der Waals surface area contributed by atoms with Gasteiger partial charge in [0.15, 0.2) is 0 Å². The van der Waals surface area contributed by atoms with E-state index in [1.807, 2.05) is 11.4 Å². The van der Waals surface area contributed by atoms with Crippen molar-refractivity contribution in [1.29, 1.82) is 0 Å². The third-order valence-corrected chi connectivity index (χ3v) is 4.18. The second-order valence-electron chi connectivity index (χ2n) is 4.67. The van der Waals surface area contributed by atoms with Crippen LogP contribution < -0.4 is 4.87 Å². The van der Waals surface area contributed by atoms with Crippen LogP contribution in [0.2, 0.25) is 0 Å². The minimum Gasteiger partial charge on any atom is -0.322 e. The number of alkyl halides is 1. The molecule has 0 aliphatic rings.